The molecule has 0 aromatic heterocycles. The maximum atomic E-state index is 5.47. The average Bonchev–Trinajstić information content (AvgIpc) is 2.24. The summed E-state index contributed by atoms with van der Waals surface area (Å²) in [5.41, 5.74) is 0. The van der Waals surface area contributed by atoms with Crippen molar-refractivity contribution in [1.82, 2.24) is 5.32 Å². The Labute approximate surface area is 92.8 Å². The minimum absolute atomic E-state index is 0.347. The number of hydrogen-bond acceptors (Lipinski definition) is 3. The predicted molar refractivity (Wildman–Crippen MR) is 61.8 cm³/mol. The van der Waals surface area contributed by atoms with Gasteiger partial charge in [0.2, 0.25) is 0 Å². The van der Waals surface area contributed by atoms with Gasteiger partial charge in [-0.15, -0.1) is 0 Å². The fraction of sp³-hybridized carbons (Fsp3) is 0.833. The van der Waals surface area contributed by atoms with Gasteiger partial charge in [-0.05, 0) is 24.8 Å². The summed E-state index contributed by atoms with van der Waals surface area (Å²) in [5, 5.41) is 3.34. The van der Waals surface area contributed by atoms with Crippen LogP contribution in [-0.2, 0) is 9.47 Å². The van der Waals surface area contributed by atoms with Gasteiger partial charge in [-0.2, -0.15) is 0 Å². The molecule has 0 bridgehead atoms. The van der Waals surface area contributed by atoms with Gasteiger partial charge < -0.3 is 14.8 Å². The summed E-state index contributed by atoms with van der Waals surface area (Å²) in [6.07, 6.45) is 6.49. The van der Waals surface area contributed by atoms with Gasteiger partial charge in [0.15, 0.2) is 0 Å². The Bertz CT molecular complexity index is 180. The van der Waals surface area contributed by atoms with E-state index in [1.54, 1.807) is 0 Å². The van der Waals surface area contributed by atoms with Crippen LogP contribution in [-0.4, -0.2) is 32.4 Å². The molecule has 1 unspecified atom stereocenters. The third-order valence-corrected chi connectivity index (χ3v) is 2.27. The van der Waals surface area contributed by atoms with Crippen molar-refractivity contribution < 1.29 is 9.47 Å². The first-order valence-electron chi connectivity index (χ1n) is 5.88. The number of nitrogens with one attached hydrogen (secondary N) is 1. The van der Waals surface area contributed by atoms with Gasteiger partial charge in [0.05, 0.1) is 12.9 Å². The molecule has 88 valence electrons. The summed E-state index contributed by atoms with van der Waals surface area (Å²) in [6.45, 7) is 7.81. The van der Waals surface area contributed by atoms with E-state index in [0.29, 0.717) is 12.0 Å². The lowest BCUT2D eigenvalue weighted by Gasteiger charge is -2.19. The molecule has 1 heterocycles. The zero-order valence-corrected chi connectivity index (χ0v) is 9.87. The number of hydrogen-bond donors (Lipinski definition) is 1. The normalized spacial score (nSPS) is 20.6. The highest BCUT2D eigenvalue weighted by molar-refractivity contribution is 4.82. The van der Waals surface area contributed by atoms with E-state index in [4.69, 9.17) is 9.47 Å². The van der Waals surface area contributed by atoms with Gasteiger partial charge in [-0.1, -0.05) is 13.8 Å². The van der Waals surface area contributed by atoms with Crippen molar-refractivity contribution in [3.8, 4) is 0 Å². The Morgan fingerprint density at radius 3 is 3.07 bits per heavy atom. The van der Waals surface area contributed by atoms with E-state index in [-0.39, 0.29) is 0 Å². The van der Waals surface area contributed by atoms with Crippen LogP contribution in [0.25, 0.3) is 0 Å². The van der Waals surface area contributed by atoms with Crippen LogP contribution in [0, 0.1) is 5.92 Å². The second-order valence-electron chi connectivity index (χ2n) is 4.38. The van der Waals surface area contributed by atoms with Crippen molar-refractivity contribution in [2.75, 3.05) is 26.3 Å². The van der Waals surface area contributed by atoms with E-state index in [9.17, 15) is 0 Å². The first-order chi connectivity index (χ1) is 7.29. The molecule has 0 aromatic rings. The molecule has 0 radical (unpaired) electrons. The van der Waals surface area contributed by atoms with Crippen LogP contribution in [0.5, 0.6) is 0 Å². The predicted octanol–water partition coefficient (Wildman–Crippen LogP) is 1.94. The zero-order chi connectivity index (χ0) is 10.9. The summed E-state index contributed by atoms with van der Waals surface area (Å²) >= 11 is 0. The van der Waals surface area contributed by atoms with Gasteiger partial charge >= 0.3 is 0 Å². The SMILES string of the molecule is CC(C)COCCNCC1CCC=CO1. The highest BCUT2D eigenvalue weighted by Gasteiger charge is 2.09. The molecule has 1 aliphatic rings. The van der Waals surface area contributed by atoms with Crippen LogP contribution in [0.2, 0.25) is 0 Å². The Kier molecular flexibility index (Phi) is 6.44. The molecule has 0 fully saturated rings. The van der Waals surface area contributed by atoms with Crippen molar-refractivity contribution in [3.63, 3.8) is 0 Å². The monoisotopic (exact) mass is 213 g/mol. The first kappa shape index (κ1) is 12.5. The molecule has 1 N–H and O–H groups in total. The Morgan fingerprint density at radius 1 is 1.53 bits per heavy atom. The van der Waals surface area contributed by atoms with Crippen LogP contribution in [0.1, 0.15) is 26.7 Å². The highest BCUT2D eigenvalue weighted by atomic mass is 16.5. The Hall–Kier alpha value is -0.540. The van der Waals surface area contributed by atoms with Crippen LogP contribution in [0.3, 0.4) is 0 Å². The van der Waals surface area contributed by atoms with Crippen LogP contribution in [0.15, 0.2) is 12.3 Å². The van der Waals surface area contributed by atoms with E-state index < -0.39 is 0 Å². The van der Waals surface area contributed by atoms with Crippen molar-refractivity contribution in [1.29, 1.82) is 0 Å². The van der Waals surface area contributed by atoms with E-state index in [1.807, 2.05) is 6.26 Å². The third kappa shape index (κ3) is 6.52. The van der Waals surface area contributed by atoms with Crippen molar-refractivity contribution in [2.24, 2.45) is 5.92 Å². The van der Waals surface area contributed by atoms with Crippen molar-refractivity contribution in [2.45, 2.75) is 32.8 Å². The minimum Gasteiger partial charge on any atom is -0.497 e. The van der Waals surface area contributed by atoms with E-state index >= 15 is 0 Å². The summed E-state index contributed by atoms with van der Waals surface area (Å²) in [7, 11) is 0. The number of rotatable bonds is 7. The molecule has 0 saturated heterocycles. The Morgan fingerprint density at radius 2 is 2.40 bits per heavy atom. The first-order valence-corrected chi connectivity index (χ1v) is 5.88. The maximum Gasteiger partial charge on any atom is 0.110 e. The van der Waals surface area contributed by atoms with E-state index in [0.717, 1.165) is 39.1 Å². The lowest BCUT2D eigenvalue weighted by Crippen LogP contribution is -2.31. The van der Waals surface area contributed by atoms with Crippen LogP contribution >= 0.6 is 0 Å². The van der Waals surface area contributed by atoms with E-state index in [1.165, 1.54) is 0 Å². The second-order valence-corrected chi connectivity index (χ2v) is 4.38. The average molecular weight is 213 g/mol. The topological polar surface area (TPSA) is 30.5 Å². The molecule has 3 nitrogen and oxygen atoms in total. The minimum atomic E-state index is 0.347. The van der Waals surface area contributed by atoms with Gasteiger partial charge in [-0.3, -0.25) is 0 Å². The lowest BCUT2D eigenvalue weighted by molar-refractivity contribution is 0.0991. The van der Waals surface area contributed by atoms with Gasteiger partial charge in [0.1, 0.15) is 6.10 Å². The fourth-order valence-corrected chi connectivity index (χ4v) is 1.46. The standard InChI is InChI=1S/C12H23NO2/c1-11(2)10-14-8-6-13-9-12-5-3-4-7-15-12/h4,7,11-13H,3,5-6,8-10H2,1-2H3. The molecule has 0 spiro atoms. The smallest absolute Gasteiger partial charge is 0.110 e. The Balaban J connectivity index is 1.86. The van der Waals surface area contributed by atoms with Gasteiger partial charge in [-0.25, -0.2) is 0 Å². The van der Waals surface area contributed by atoms with Crippen LogP contribution in [0.4, 0.5) is 0 Å². The molecule has 1 atom stereocenters. The molecule has 0 saturated carbocycles. The van der Waals surface area contributed by atoms with Gasteiger partial charge in [0, 0.05) is 19.7 Å². The number of ether oxygens (including phenoxy) is 2. The third-order valence-electron chi connectivity index (χ3n) is 2.27. The van der Waals surface area contributed by atoms with Crippen LogP contribution < -0.4 is 5.32 Å². The lowest BCUT2D eigenvalue weighted by atomic mass is 10.1. The second kappa shape index (κ2) is 7.71. The molecule has 15 heavy (non-hydrogen) atoms. The quantitative estimate of drug-likeness (QED) is 0.656. The summed E-state index contributed by atoms with van der Waals surface area (Å²) < 4.78 is 10.9. The zero-order valence-electron chi connectivity index (χ0n) is 9.87. The molecule has 1 aliphatic heterocycles. The maximum absolute atomic E-state index is 5.47. The van der Waals surface area contributed by atoms with Crippen molar-refractivity contribution >= 4 is 0 Å². The van der Waals surface area contributed by atoms with E-state index in [2.05, 4.69) is 25.2 Å². The fourth-order valence-electron chi connectivity index (χ4n) is 1.46. The molecule has 0 amide bonds. The molecule has 0 aromatic carbocycles. The summed E-state index contributed by atoms with van der Waals surface area (Å²) in [5.74, 6) is 0.622. The molecule has 0 aliphatic carbocycles. The van der Waals surface area contributed by atoms with Gasteiger partial charge in [0.25, 0.3) is 0 Å². The molecule has 3 heteroatoms. The molecule has 1 rings (SSSR count). The largest absolute Gasteiger partial charge is 0.497 e. The summed E-state index contributed by atoms with van der Waals surface area (Å²) in [6, 6.07) is 0. The highest BCUT2D eigenvalue weighted by Crippen LogP contribution is 2.08. The van der Waals surface area contributed by atoms with Crippen molar-refractivity contribution in [3.05, 3.63) is 12.3 Å². The molecular weight excluding hydrogens is 190 g/mol. The summed E-state index contributed by atoms with van der Waals surface area (Å²) in [4.78, 5) is 0. The number of allylic oxidation sites excluding steroid dienone is 1. The molecular formula is C12H23NO2.